The van der Waals surface area contributed by atoms with Gasteiger partial charge in [0.05, 0.1) is 0 Å². The van der Waals surface area contributed by atoms with Crippen LogP contribution in [0.3, 0.4) is 0 Å². The van der Waals surface area contributed by atoms with Gasteiger partial charge in [0.25, 0.3) is 0 Å². The van der Waals surface area contributed by atoms with E-state index >= 15 is 0 Å². The van der Waals surface area contributed by atoms with Crippen LogP contribution in [0.2, 0.25) is 0 Å². The summed E-state index contributed by atoms with van der Waals surface area (Å²) in [5.41, 5.74) is 2.46. The normalized spacial score (nSPS) is 11.1. The van der Waals surface area contributed by atoms with Crippen LogP contribution < -0.4 is 4.74 Å². The van der Waals surface area contributed by atoms with Crippen LogP contribution in [0.5, 0.6) is 17.2 Å². The van der Waals surface area contributed by atoms with Crippen LogP contribution in [-0.2, 0) is 4.79 Å². The number of ether oxygens (including phenoxy) is 1. The van der Waals surface area contributed by atoms with Crippen molar-refractivity contribution in [3.63, 3.8) is 0 Å². The Morgan fingerprint density at radius 2 is 1.37 bits per heavy atom. The number of carbonyl (C=O) groups excluding carboxylic acids is 1. The number of phenolic OH excluding ortho intramolecular Hbond substituents is 2. The van der Waals surface area contributed by atoms with Crippen LogP contribution in [0.25, 0.3) is 18.2 Å². The van der Waals surface area contributed by atoms with E-state index in [2.05, 4.69) is 0 Å². The summed E-state index contributed by atoms with van der Waals surface area (Å²) in [5, 5.41) is 19.2. The Labute approximate surface area is 157 Å². The van der Waals surface area contributed by atoms with E-state index in [4.69, 9.17) is 4.74 Å². The van der Waals surface area contributed by atoms with Gasteiger partial charge in [0.15, 0.2) is 0 Å². The maximum atomic E-state index is 12.0. The van der Waals surface area contributed by atoms with Gasteiger partial charge in [-0.15, -0.1) is 0 Å². The zero-order chi connectivity index (χ0) is 19.1. The molecule has 3 aromatic rings. The standard InChI is InChI=1S/C23H18O4/c24-20-11-8-18(9-12-20)6-7-19-14-21(25)16-22(15-19)27-23(26)13-10-17-4-2-1-3-5-17/h1-16,24-25H/b7-6+,13-10+. The van der Waals surface area contributed by atoms with Crippen molar-refractivity contribution in [2.24, 2.45) is 0 Å². The smallest absolute Gasteiger partial charge is 0.336 e. The molecule has 0 heterocycles. The van der Waals surface area contributed by atoms with Crippen molar-refractivity contribution >= 4 is 24.2 Å². The molecule has 2 N–H and O–H groups in total. The molecule has 0 amide bonds. The molecule has 0 aromatic heterocycles. The van der Waals surface area contributed by atoms with Gasteiger partial charge < -0.3 is 14.9 Å². The molecule has 0 aliphatic rings. The Morgan fingerprint density at radius 1 is 0.704 bits per heavy atom. The summed E-state index contributed by atoms with van der Waals surface area (Å²) in [5.74, 6) is -0.0825. The predicted molar refractivity (Wildman–Crippen MR) is 106 cm³/mol. The zero-order valence-electron chi connectivity index (χ0n) is 14.4. The number of benzene rings is 3. The predicted octanol–water partition coefficient (Wildman–Crippen LogP) is 4.89. The first-order chi connectivity index (χ1) is 13.1. The van der Waals surface area contributed by atoms with Gasteiger partial charge in [0, 0.05) is 12.1 Å². The second-order valence-electron chi connectivity index (χ2n) is 5.85. The summed E-state index contributed by atoms with van der Waals surface area (Å²) in [4.78, 5) is 12.0. The quantitative estimate of drug-likeness (QED) is 0.295. The van der Waals surface area contributed by atoms with Gasteiger partial charge in [0.2, 0.25) is 0 Å². The average molecular weight is 358 g/mol. The number of phenols is 2. The topological polar surface area (TPSA) is 66.8 Å². The minimum Gasteiger partial charge on any atom is -0.508 e. The summed E-state index contributed by atoms with van der Waals surface area (Å²) in [6, 6.07) is 20.7. The van der Waals surface area contributed by atoms with Gasteiger partial charge in [0.1, 0.15) is 17.2 Å². The highest BCUT2D eigenvalue weighted by Crippen LogP contribution is 2.24. The molecule has 0 saturated carbocycles. The van der Waals surface area contributed by atoms with E-state index in [1.165, 1.54) is 12.1 Å². The molecule has 4 nitrogen and oxygen atoms in total. The van der Waals surface area contributed by atoms with E-state index in [1.54, 1.807) is 48.6 Å². The van der Waals surface area contributed by atoms with Crippen molar-refractivity contribution < 1.29 is 19.7 Å². The highest BCUT2D eigenvalue weighted by molar-refractivity contribution is 5.88. The van der Waals surface area contributed by atoms with Crippen molar-refractivity contribution in [1.29, 1.82) is 0 Å². The second kappa shape index (κ2) is 8.54. The van der Waals surface area contributed by atoms with Crippen molar-refractivity contribution in [3.8, 4) is 17.2 Å². The molecule has 0 fully saturated rings. The van der Waals surface area contributed by atoms with Crippen LogP contribution in [0.4, 0.5) is 0 Å². The van der Waals surface area contributed by atoms with Crippen LogP contribution in [-0.4, -0.2) is 16.2 Å². The molecule has 0 atom stereocenters. The first kappa shape index (κ1) is 18.0. The van der Waals surface area contributed by atoms with Gasteiger partial charge in [-0.3, -0.25) is 0 Å². The van der Waals surface area contributed by atoms with E-state index in [1.807, 2.05) is 36.4 Å². The zero-order valence-corrected chi connectivity index (χ0v) is 14.4. The minimum absolute atomic E-state index is 0.00213. The maximum Gasteiger partial charge on any atom is 0.336 e. The molecule has 4 heteroatoms. The number of hydrogen-bond donors (Lipinski definition) is 2. The van der Waals surface area contributed by atoms with Crippen molar-refractivity contribution in [2.45, 2.75) is 0 Å². The van der Waals surface area contributed by atoms with E-state index in [-0.39, 0.29) is 17.2 Å². The fourth-order valence-corrected chi connectivity index (χ4v) is 2.42. The van der Waals surface area contributed by atoms with Gasteiger partial charge in [-0.25, -0.2) is 4.79 Å². The molecule has 0 saturated heterocycles. The number of rotatable bonds is 5. The van der Waals surface area contributed by atoms with Gasteiger partial charge >= 0.3 is 5.97 Å². The molecular weight excluding hydrogens is 340 g/mol. The first-order valence-electron chi connectivity index (χ1n) is 8.35. The molecule has 0 bridgehead atoms. The Bertz CT molecular complexity index is 971. The third kappa shape index (κ3) is 5.61. The summed E-state index contributed by atoms with van der Waals surface area (Å²) < 4.78 is 5.27. The average Bonchev–Trinajstić information content (AvgIpc) is 2.66. The molecule has 3 rings (SSSR count). The number of hydrogen-bond acceptors (Lipinski definition) is 4. The highest BCUT2D eigenvalue weighted by atomic mass is 16.5. The molecule has 27 heavy (non-hydrogen) atoms. The lowest BCUT2D eigenvalue weighted by molar-refractivity contribution is -0.128. The number of esters is 1. The summed E-state index contributed by atoms with van der Waals surface area (Å²) in [6.45, 7) is 0. The van der Waals surface area contributed by atoms with E-state index < -0.39 is 5.97 Å². The molecule has 0 radical (unpaired) electrons. The van der Waals surface area contributed by atoms with Crippen LogP contribution >= 0.6 is 0 Å². The maximum absolute atomic E-state index is 12.0. The van der Waals surface area contributed by atoms with Crippen LogP contribution in [0, 0.1) is 0 Å². The monoisotopic (exact) mass is 358 g/mol. The summed E-state index contributed by atoms with van der Waals surface area (Å²) >= 11 is 0. The lowest BCUT2D eigenvalue weighted by Crippen LogP contribution is -2.03. The SMILES string of the molecule is O=C(/C=C/c1ccccc1)Oc1cc(O)cc(/C=C/c2ccc(O)cc2)c1. The van der Waals surface area contributed by atoms with E-state index in [0.717, 1.165) is 11.1 Å². The molecule has 0 aliphatic heterocycles. The molecule has 0 spiro atoms. The summed E-state index contributed by atoms with van der Waals surface area (Å²) in [7, 11) is 0. The highest BCUT2D eigenvalue weighted by Gasteiger charge is 2.04. The molecule has 3 aromatic carbocycles. The Hall–Kier alpha value is -3.79. The van der Waals surface area contributed by atoms with E-state index in [0.29, 0.717) is 5.56 Å². The fourth-order valence-electron chi connectivity index (χ4n) is 2.42. The molecular formula is C23H18O4. The van der Waals surface area contributed by atoms with Crippen LogP contribution in [0.1, 0.15) is 16.7 Å². The third-order valence-corrected chi connectivity index (χ3v) is 3.70. The second-order valence-corrected chi connectivity index (χ2v) is 5.85. The van der Waals surface area contributed by atoms with Crippen LogP contribution in [0.15, 0.2) is 78.9 Å². The molecule has 0 unspecified atom stereocenters. The Morgan fingerprint density at radius 3 is 2.11 bits per heavy atom. The van der Waals surface area contributed by atoms with Crippen molar-refractivity contribution in [3.05, 3.63) is 95.6 Å². The van der Waals surface area contributed by atoms with Crippen molar-refractivity contribution in [2.75, 3.05) is 0 Å². The van der Waals surface area contributed by atoms with Gasteiger partial charge in [-0.05, 0) is 47.0 Å². The largest absolute Gasteiger partial charge is 0.508 e. The van der Waals surface area contributed by atoms with Gasteiger partial charge in [-0.1, -0.05) is 54.6 Å². The Kier molecular flexibility index (Phi) is 5.70. The van der Waals surface area contributed by atoms with Gasteiger partial charge in [-0.2, -0.15) is 0 Å². The number of aromatic hydroxyl groups is 2. The summed E-state index contributed by atoms with van der Waals surface area (Å²) in [6.07, 6.45) is 6.61. The van der Waals surface area contributed by atoms with E-state index in [9.17, 15) is 15.0 Å². The lowest BCUT2D eigenvalue weighted by Gasteiger charge is -2.04. The third-order valence-electron chi connectivity index (χ3n) is 3.70. The molecule has 134 valence electrons. The molecule has 0 aliphatic carbocycles. The Balaban J connectivity index is 1.70. The van der Waals surface area contributed by atoms with Crippen molar-refractivity contribution in [1.82, 2.24) is 0 Å². The minimum atomic E-state index is -0.530. The lowest BCUT2D eigenvalue weighted by atomic mass is 10.1. The first-order valence-corrected chi connectivity index (χ1v) is 8.35. The fraction of sp³-hybridized carbons (Fsp3) is 0. The number of carbonyl (C=O) groups is 1.